The van der Waals surface area contributed by atoms with E-state index in [0.29, 0.717) is 11.1 Å². The molecule has 0 amide bonds. The molecule has 0 spiro atoms. The Morgan fingerprint density at radius 2 is 2.00 bits per heavy atom. The first kappa shape index (κ1) is 16.1. The zero-order valence-corrected chi connectivity index (χ0v) is 13.7. The van der Waals surface area contributed by atoms with E-state index in [2.05, 4.69) is 25.4 Å². The fourth-order valence-corrected chi connectivity index (χ4v) is 2.99. The minimum atomic E-state index is 0.193. The first-order chi connectivity index (χ1) is 11.2. The Labute approximate surface area is 140 Å². The molecule has 124 valence electrons. The molecule has 3 rings (SSSR count). The van der Waals surface area contributed by atoms with Gasteiger partial charge in [-0.1, -0.05) is 16.8 Å². The van der Waals surface area contributed by atoms with Gasteiger partial charge in [-0.2, -0.15) is 0 Å². The zero-order chi connectivity index (χ0) is 16.1. The molecule has 0 aromatic carbocycles. The number of piperidine rings is 1. The van der Waals surface area contributed by atoms with Crippen molar-refractivity contribution in [3.63, 3.8) is 0 Å². The monoisotopic (exact) mass is 336 g/mol. The second-order valence-electron chi connectivity index (χ2n) is 5.90. The molecule has 2 aromatic rings. The van der Waals surface area contributed by atoms with E-state index in [1.165, 1.54) is 0 Å². The van der Waals surface area contributed by atoms with Crippen LogP contribution < -0.4 is 4.90 Å². The minimum absolute atomic E-state index is 0.193. The van der Waals surface area contributed by atoms with Gasteiger partial charge in [-0.25, -0.2) is 0 Å². The van der Waals surface area contributed by atoms with Crippen molar-refractivity contribution in [2.75, 3.05) is 24.6 Å². The van der Waals surface area contributed by atoms with Gasteiger partial charge >= 0.3 is 0 Å². The van der Waals surface area contributed by atoms with Crippen LogP contribution in [0.15, 0.2) is 18.3 Å². The largest absolute Gasteiger partial charge is 0.396 e. The molecule has 0 saturated carbocycles. The Hall–Kier alpha value is -1.73. The third-order valence-corrected chi connectivity index (χ3v) is 4.38. The molecule has 23 heavy (non-hydrogen) atoms. The summed E-state index contributed by atoms with van der Waals surface area (Å²) in [6.45, 7) is 3.02. The van der Waals surface area contributed by atoms with Gasteiger partial charge in [-0.05, 0) is 43.7 Å². The smallest absolute Gasteiger partial charge is 0.151 e. The molecule has 0 bridgehead atoms. The van der Waals surface area contributed by atoms with Crippen molar-refractivity contribution in [3.8, 4) is 0 Å². The lowest BCUT2D eigenvalue weighted by molar-refractivity contribution is 0.288. The fourth-order valence-electron chi connectivity index (χ4n) is 2.89. The highest BCUT2D eigenvalue weighted by molar-refractivity contribution is 6.29. The van der Waals surface area contributed by atoms with Crippen LogP contribution in [-0.2, 0) is 13.0 Å². The third kappa shape index (κ3) is 4.39. The fraction of sp³-hybridized carbons (Fsp3) is 0.600. The standard InChI is InChI=1S/C15H21ClN6O/c16-14-3-4-15(19-18-14)21-7-5-12(6-8-21)10-22-11-13(17-20-22)2-1-9-23/h3-4,11-12,23H,1-2,5-10H2. The lowest BCUT2D eigenvalue weighted by atomic mass is 9.97. The van der Waals surface area contributed by atoms with Crippen LogP contribution >= 0.6 is 11.6 Å². The molecule has 2 aromatic heterocycles. The molecule has 0 aliphatic carbocycles. The summed E-state index contributed by atoms with van der Waals surface area (Å²) < 4.78 is 1.93. The number of hydrogen-bond acceptors (Lipinski definition) is 6. The molecule has 1 N–H and O–H groups in total. The van der Waals surface area contributed by atoms with Gasteiger partial charge < -0.3 is 10.0 Å². The maximum absolute atomic E-state index is 8.85. The van der Waals surface area contributed by atoms with E-state index in [4.69, 9.17) is 16.7 Å². The third-order valence-electron chi connectivity index (χ3n) is 4.18. The molecular formula is C15H21ClN6O. The number of aryl methyl sites for hydroxylation is 1. The zero-order valence-electron chi connectivity index (χ0n) is 13.0. The van der Waals surface area contributed by atoms with Gasteiger partial charge in [-0.3, -0.25) is 4.68 Å². The van der Waals surface area contributed by atoms with Crippen LogP contribution in [0.1, 0.15) is 25.0 Å². The van der Waals surface area contributed by atoms with Crippen LogP contribution in [0.4, 0.5) is 5.82 Å². The lowest BCUT2D eigenvalue weighted by Gasteiger charge is -2.32. The van der Waals surface area contributed by atoms with E-state index in [9.17, 15) is 0 Å². The van der Waals surface area contributed by atoms with Gasteiger partial charge in [0, 0.05) is 32.4 Å². The Kier molecular flexibility index (Phi) is 5.40. The summed E-state index contributed by atoms with van der Waals surface area (Å²) in [6, 6.07) is 3.69. The van der Waals surface area contributed by atoms with E-state index in [1.54, 1.807) is 6.07 Å². The van der Waals surface area contributed by atoms with E-state index < -0.39 is 0 Å². The van der Waals surface area contributed by atoms with Crippen LogP contribution in [0.3, 0.4) is 0 Å². The number of aliphatic hydroxyl groups excluding tert-OH is 1. The first-order valence-corrected chi connectivity index (χ1v) is 8.36. The number of nitrogens with zero attached hydrogens (tertiary/aromatic N) is 6. The summed E-state index contributed by atoms with van der Waals surface area (Å²) in [4.78, 5) is 2.24. The average molecular weight is 337 g/mol. The number of aromatic nitrogens is 5. The van der Waals surface area contributed by atoms with E-state index in [1.807, 2.05) is 16.9 Å². The van der Waals surface area contributed by atoms with Crippen molar-refractivity contribution >= 4 is 17.4 Å². The van der Waals surface area contributed by atoms with Crippen molar-refractivity contribution < 1.29 is 5.11 Å². The molecule has 1 saturated heterocycles. The molecule has 0 unspecified atom stereocenters. The molecular weight excluding hydrogens is 316 g/mol. The Bertz CT molecular complexity index is 609. The highest BCUT2D eigenvalue weighted by atomic mass is 35.5. The van der Waals surface area contributed by atoms with E-state index in [-0.39, 0.29) is 6.61 Å². The Morgan fingerprint density at radius 3 is 2.70 bits per heavy atom. The van der Waals surface area contributed by atoms with Crippen LogP contribution in [0.25, 0.3) is 0 Å². The topological polar surface area (TPSA) is 80.0 Å². The van der Waals surface area contributed by atoms with Gasteiger partial charge in [-0.15, -0.1) is 15.3 Å². The first-order valence-electron chi connectivity index (χ1n) is 7.98. The van der Waals surface area contributed by atoms with Gasteiger partial charge in [0.05, 0.1) is 5.69 Å². The highest BCUT2D eigenvalue weighted by Gasteiger charge is 2.21. The summed E-state index contributed by atoms with van der Waals surface area (Å²) in [6.07, 6.45) is 5.70. The van der Waals surface area contributed by atoms with E-state index in [0.717, 1.165) is 56.8 Å². The Balaban J connectivity index is 1.49. The van der Waals surface area contributed by atoms with Gasteiger partial charge in [0.2, 0.25) is 0 Å². The Morgan fingerprint density at radius 1 is 1.17 bits per heavy atom. The molecule has 8 heteroatoms. The summed E-state index contributed by atoms with van der Waals surface area (Å²) in [5.74, 6) is 1.48. The number of anilines is 1. The molecule has 3 heterocycles. The quantitative estimate of drug-likeness (QED) is 0.862. The normalized spacial score (nSPS) is 16.0. The predicted octanol–water partition coefficient (Wildman–Crippen LogP) is 1.56. The number of halogens is 1. The summed E-state index contributed by atoms with van der Waals surface area (Å²) in [5, 5.41) is 25.7. The minimum Gasteiger partial charge on any atom is -0.396 e. The van der Waals surface area contributed by atoms with Crippen molar-refractivity contribution in [1.29, 1.82) is 0 Å². The average Bonchev–Trinajstić information content (AvgIpc) is 3.02. The molecule has 1 aliphatic heterocycles. The van der Waals surface area contributed by atoms with Crippen LogP contribution in [0.5, 0.6) is 0 Å². The van der Waals surface area contributed by atoms with Crippen molar-refractivity contribution in [1.82, 2.24) is 25.2 Å². The number of rotatable bonds is 6. The summed E-state index contributed by atoms with van der Waals surface area (Å²) in [5.41, 5.74) is 0.952. The summed E-state index contributed by atoms with van der Waals surface area (Å²) >= 11 is 5.78. The van der Waals surface area contributed by atoms with Crippen molar-refractivity contribution in [2.45, 2.75) is 32.2 Å². The second-order valence-corrected chi connectivity index (χ2v) is 6.29. The maximum atomic E-state index is 8.85. The molecule has 1 fully saturated rings. The van der Waals surface area contributed by atoms with E-state index >= 15 is 0 Å². The number of aliphatic hydroxyl groups is 1. The second kappa shape index (κ2) is 7.70. The SMILES string of the molecule is OCCCc1cn(CC2CCN(c3ccc(Cl)nn3)CC2)nn1. The summed E-state index contributed by atoms with van der Waals surface area (Å²) in [7, 11) is 0. The van der Waals surface area contributed by atoms with Gasteiger partial charge in [0.15, 0.2) is 11.0 Å². The van der Waals surface area contributed by atoms with Gasteiger partial charge in [0.1, 0.15) is 0 Å². The predicted molar refractivity (Wildman–Crippen MR) is 87.4 cm³/mol. The lowest BCUT2D eigenvalue weighted by Crippen LogP contribution is -2.35. The number of hydrogen-bond donors (Lipinski definition) is 1. The van der Waals surface area contributed by atoms with Crippen LogP contribution in [-0.4, -0.2) is 50.0 Å². The highest BCUT2D eigenvalue weighted by Crippen LogP contribution is 2.23. The molecule has 7 nitrogen and oxygen atoms in total. The van der Waals surface area contributed by atoms with Crippen LogP contribution in [0, 0.1) is 5.92 Å². The molecule has 0 radical (unpaired) electrons. The molecule has 0 atom stereocenters. The van der Waals surface area contributed by atoms with Crippen molar-refractivity contribution in [3.05, 3.63) is 29.2 Å². The van der Waals surface area contributed by atoms with Crippen LogP contribution in [0.2, 0.25) is 5.15 Å². The maximum Gasteiger partial charge on any atom is 0.151 e. The molecule has 1 aliphatic rings. The van der Waals surface area contributed by atoms with Crippen molar-refractivity contribution in [2.24, 2.45) is 5.92 Å². The van der Waals surface area contributed by atoms with Gasteiger partial charge in [0.25, 0.3) is 0 Å².